The Kier molecular flexibility index (Phi) is 3.26. The number of aromatic amines is 1. The van der Waals surface area contributed by atoms with Crippen LogP contribution in [0.2, 0.25) is 0 Å². The number of likely N-dealkylation sites (tertiary alicyclic amines) is 1. The largest absolute Gasteiger partial charge is 0.481 e. The van der Waals surface area contributed by atoms with Gasteiger partial charge >= 0.3 is 11.7 Å². The number of imidazole rings is 1. The molecule has 2 atom stereocenters. The molecule has 1 saturated heterocycles. The molecule has 7 nitrogen and oxygen atoms in total. The zero-order valence-corrected chi connectivity index (χ0v) is 13.2. The second-order valence-corrected chi connectivity index (χ2v) is 6.86. The van der Waals surface area contributed by atoms with E-state index < -0.39 is 11.4 Å². The van der Waals surface area contributed by atoms with E-state index in [2.05, 4.69) is 4.98 Å². The number of nitrogens with one attached hydrogen (secondary N) is 1. The lowest BCUT2D eigenvalue weighted by atomic mass is 9.81. The number of rotatable bonds is 3. The Morgan fingerprint density at radius 2 is 2.12 bits per heavy atom. The van der Waals surface area contributed by atoms with Gasteiger partial charge in [0.15, 0.2) is 0 Å². The van der Waals surface area contributed by atoms with E-state index in [-0.39, 0.29) is 30.6 Å². The molecule has 1 saturated carbocycles. The Morgan fingerprint density at radius 1 is 1.33 bits per heavy atom. The van der Waals surface area contributed by atoms with Crippen LogP contribution >= 0.6 is 0 Å². The summed E-state index contributed by atoms with van der Waals surface area (Å²) in [4.78, 5) is 40.8. The first-order valence-electron chi connectivity index (χ1n) is 8.20. The van der Waals surface area contributed by atoms with Crippen LogP contribution < -0.4 is 5.69 Å². The Labute approximate surface area is 137 Å². The molecule has 126 valence electrons. The topological polar surface area (TPSA) is 95.4 Å². The van der Waals surface area contributed by atoms with Crippen molar-refractivity contribution in [2.24, 2.45) is 11.3 Å². The lowest BCUT2D eigenvalue weighted by Crippen LogP contribution is -2.39. The Bertz CT molecular complexity index is 883. The quantitative estimate of drug-likeness (QED) is 0.879. The molecule has 2 fully saturated rings. The molecule has 2 heterocycles. The molecule has 1 aromatic carbocycles. The third-order valence-electron chi connectivity index (χ3n) is 5.62. The van der Waals surface area contributed by atoms with Gasteiger partial charge in [0.1, 0.15) is 6.54 Å². The number of carboxylic acids is 1. The molecular formula is C17H19N3O4. The first-order chi connectivity index (χ1) is 11.5. The number of aliphatic carboxylic acids is 1. The van der Waals surface area contributed by atoms with Gasteiger partial charge in [-0.25, -0.2) is 4.79 Å². The fraction of sp³-hybridized carbons (Fsp3) is 0.471. The summed E-state index contributed by atoms with van der Waals surface area (Å²) < 4.78 is 1.42. The van der Waals surface area contributed by atoms with E-state index in [1.54, 1.807) is 17.0 Å². The predicted octanol–water partition coefficient (Wildman–Crippen LogP) is 1.04. The molecule has 1 aliphatic carbocycles. The van der Waals surface area contributed by atoms with Gasteiger partial charge in [-0.2, -0.15) is 0 Å². The second-order valence-electron chi connectivity index (χ2n) is 6.86. The van der Waals surface area contributed by atoms with Crippen LogP contribution in [0.25, 0.3) is 11.0 Å². The first kappa shape index (κ1) is 15.0. The lowest BCUT2D eigenvalue weighted by molar-refractivity contribution is -0.149. The van der Waals surface area contributed by atoms with E-state index in [4.69, 9.17) is 0 Å². The molecule has 7 heteroatoms. The predicted molar refractivity (Wildman–Crippen MR) is 86.5 cm³/mol. The summed E-state index contributed by atoms with van der Waals surface area (Å²) >= 11 is 0. The minimum Gasteiger partial charge on any atom is -0.481 e. The van der Waals surface area contributed by atoms with E-state index >= 15 is 0 Å². The monoisotopic (exact) mass is 329 g/mol. The van der Waals surface area contributed by atoms with Gasteiger partial charge in [-0.05, 0) is 30.9 Å². The number of aromatic nitrogens is 2. The van der Waals surface area contributed by atoms with Gasteiger partial charge < -0.3 is 15.0 Å². The fourth-order valence-corrected chi connectivity index (χ4v) is 4.33. The van der Waals surface area contributed by atoms with Gasteiger partial charge in [0.25, 0.3) is 0 Å². The van der Waals surface area contributed by atoms with E-state index in [0.717, 1.165) is 12.8 Å². The van der Waals surface area contributed by atoms with Gasteiger partial charge in [0, 0.05) is 13.1 Å². The number of hydrogen-bond donors (Lipinski definition) is 2. The van der Waals surface area contributed by atoms with Crippen molar-refractivity contribution < 1.29 is 14.7 Å². The molecule has 1 amide bonds. The maximum Gasteiger partial charge on any atom is 0.326 e. The third kappa shape index (κ3) is 2.07. The highest BCUT2D eigenvalue weighted by molar-refractivity contribution is 5.83. The highest BCUT2D eigenvalue weighted by Gasteiger charge is 2.55. The Balaban J connectivity index is 1.58. The van der Waals surface area contributed by atoms with E-state index in [1.807, 2.05) is 12.1 Å². The summed E-state index contributed by atoms with van der Waals surface area (Å²) in [6.07, 6.45) is 2.38. The van der Waals surface area contributed by atoms with Crippen molar-refractivity contribution in [2.45, 2.75) is 25.8 Å². The number of para-hydroxylation sites is 2. The molecule has 2 N–H and O–H groups in total. The molecule has 4 rings (SSSR count). The number of H-pyrrole nitrogens is 1. The molecule has 2 aromatic rings. The smallest absolute Gasteiger partial charge is 0.326 e. The number of carbonyl (C=O) groups is 2. The number of carboxylic acid groups (broad SMARTS) is 1. The van der Waals surface area contributed by atoms with Gasteiger partial charge in [0.05, 0.1) is 16.4 Å². The maximum absolute atomic E-state index is 12.7. The molecule has 0 radical (unpaired) electrons. The Hall–Kier alpha value is -2.57. The summed E-state index contributed by atoms with van der Waals surface area (Å²) in [6.45, 7) is 0.663. The van der Waals surface area contributed by atoms with Crippen molar-refractivity contribution in [1.82, 2.24) is 14.5 Å². The molecule has 1 aromatic heterocycles. The van der Waals surface area contributed by atoms with Crippen molar-refractivity contribution in [1.29, 1.82) is 0 Å². The zero-order valence-electron chi connectivity index (χ0n) is 13.2. The SMILES string of the molecule is O=C(Cn1c(=O)[nH]c2ccccc21)N1C[C@@H]2CCC[C@@]2(C(=O)O)C1. The van der Waals surface area contributed by atoms with Gasteiger partial charge in [-0.15, -0.1) is 0 Å². The van der Waals surface area contributed by atoms with E-state index in [1.165, 1.54) is 4.57 Å². The average Bonchev–Trinajstić information content (AvgIpc) is 3.19. The lowest BCUT2D eigenvalue weighted by Gasteiger charge is -2.23. The minimum atomic E-state index is -0.801. The van der Waals surface area contributed by atoms with Gasteiger partial charge in [0.2, 0.25) is 5.91 Å². The number of hydrogen-bond acceptors (Lipinski definition) is 3. The number of nitrogens with zero attached hydrogens (tertiary/aromatic N) is 2. The summed E-state index contributed by atoms with van der Waals surface area (Å²) in [5, 5.41) is 9.62. The number of fused-ring (bicyclic) bond motifs is 2. The van der Waals surface area contributed by atoms with Crippen LogP contribution in [0.5, 0.6) is 0 Å². The normalized spacial score (nSPS) is 26.0. The van der Waals surface area contributed by atoms with Crippen LogP contribution in [-0.4, -0.2) is 44.5 Å². The van der Waals surface area contributed by atoms with Crippen LogP contribution in [0.3, 0.4) is 0 Å². The van der Waals surface area contributed by atoms with E-state index in [9.17, 15) is 19.5 Å². The minimum absolute atomic E-state index is 0.0265. The van der Waals surface area contributed by atoms with Crippen molar-refractivity contribution >= 4 is 22.9 Å². The first-order valence-corrected chi connectivity index (χ1v) is 8.20. The average molecular weight is 329 g/mol. The summed E-state index contributed by atoms with van der Waals surface area (Å²) in [6, 6.07) is 7.22. The maximum atomic E-state index is 12.7. The fourth-order valence-electron chi connectivity index (χ4n) is 4.33. The zero-order chi connectivity index (χ0) is 16.9. The van der Waals surface area contributed by atoms with Crippen molar-refractivity contribution in [3.8, 4) is 0 Å². The molecule has 1 aliphatic heterocycles. The van der Waals surface area contributed by atoms with Crippen LogP contribution in [0.4, 0.5) is 0 Å². The molecule has 0 spiro atoms. The molecule has 0 unspecified atom stereocenters. The third-order valence-corrected chi connectivity index (χ3v) is 5.62. The molecular weight excluding hydrogens is 310 g/mol. The molecule has 2 aliphatic rings. The molecule has 24 heavy (non-hydrogen) atoms. The second kappa shape index (κ2) is 5.22. The summed E-state index contributed by atoms with van der Waals surface area (Å²) in [5.74, 6) is -0.972. The number of amides is 1. The van der Waals surface area contributed by atoms with Crippen LogP contribution in [-0.2, 0) is 16.1 Å². The highest BCUT2D eigenvalue weighted by Crippen LogP contribution is 2.48. The van der Waals surface area contributed by atoms with Gasteiger partial charge in [-0.1, -0.05) is 18.6 Å². The standard InChI is InChI=1S/C17H19N3O4/c21-14(9-20-13-6-2-1-5-12(13)18-16(20)24)19-8-11-4-3-7-17(11,10-19)15(22)23/h1-2,5-6,11H,3-4,7-10H2,(H,18,24)(H,22,23)/t11-,17+/m0/s1. The van der Waals surface area contributed by atoms with Crippen LogP contribution in [0.15, 0.2) is 29.1 Å². The van der Waals surface area contributed by atoms with Crippen LogP contribution in [0, 0.1) is 11.3 Å². The summed E-state index contributed by atoms with van der Waals surface area (Å²) in [7, 11) is 0. The van der Waals surface area contributed by atoms with Crippen molar-refractivity contribution in [3.63, 3.8) is 0 Å². The Morgan fingerprint density at radius 3 is 2.88 bits per heavy atom. The highest BCUT2D eigenvalue weighted by atomic mass is 16.4. The van der Waals surface area contributed by atoms with Gasteiger partial charge in [-0.3, -0.25) is 14.2 Å². The number of benzene rings is 1. The van der Waals surface area contributed by atoms with Crippen molar-refractivity contribution in [3.05, 3.63) is 34.7 Å². The van der Waals surface area contributed by atoms with Crippen LogP contribution in [0.1, 0.15) is 19.3 Å². The summed E-state index contributed by atoms with van der Waals surface area (Å²) in [5.41, 5.74) is 0.261. The molecule has 0 bridgehead atoms. The number of carbonyl (C=O) groups excluding carboxylic acids is 1. The van der Waals surface area contributed by atoms with E-state index in [0.29, 0.717) is 24.0 Å². The van der Waals surface area contributed by atoms with Crippen molar-refractivity contribution in [2.75, 3.05) is 13.1 Å².